The summed E-state index contributed by atoms with van der Waals surface area (Å²) in [5.41, 5.74) is 6.53. The van der Waals surface area contributed by atoms with Crippen LogP contribution in [0.5, 0.6) is 0 Å². The number of rotatable bonds is 4. The first kappa shape index (κ1) is 13.1. The van der Waals surface area contributed by atoms with Crippen LogP contribution in [0.15, 0.2) is 36.4 Å². The molecule has 0 amide bonds. The first-order valence-corrected chi connectivity index (χ1v) is 6.08. The van der Waals surface area contributed by atoms with Crippen molar-refractivity contribution in [1.29, 1.82) is 5.26 Å². The highest BCUT2D eigenvalue weighted by Crippen LogP contribution is 2.25. The van der Waals surface area contributed by atoms with Crippen LogP contribution in [-0.2, 0) is 0 Å². The van der Waals surface area contributed by atoms with E-state index < -0.39 is 0 Å². The molecule has 0 unspecified atom stereocenters. The third-order valence-electron chi connectivity index (χ3n) is 2.49. The van der Waals surface area contributed by atoms with Gasteiger partial charge in [0, 0.05) is 18.3 Å². The predicted octanol–water partition coefficient (Wildman–Crippen LogP) is 2.76. The summed E-state index contributed by atoms with van der Waals surface area (Å²) in [6.07, 6.45) is 0.371. The Kier molecular flexibility index (Phi) is 4.16. The minimum absolute atomic E-state index is 0.111. The van der Waals surface area contributed by atoms with Crippen molar-refractivity contribution in [2.45, 2.75) is 6.42 Å². The van der Waals surface area contributed by atoms with Gasteiger partial charge in [0.2, 0.25) is 5.95 Å². The maximum absolute atomic E-state index is 8.76. The molecule has 2 rings (SSSR count). The number of benzene rings is 1. The lowest BCUT2D eigenvalue weighted by Gasteiger charge is -2.22. The summed E-state index contributed by atoms with van der Waals surface area (Å²) < 4.78 is 0. The number of hydrogen-bond acceptors (Lipinski definition) is 5. The molecule has 0 saturated carbocycles. The molecule has 1 aromatic carbocycles. The summed E-state index contributed by atoms with van der Waals surface area (Å²) >= 11 is 5.89. The van der Waals surface area contributed by atoms with Crippen molar-refractivity contribution in [3.63, 3.8) is 0 Å². The van der Waals surface area contributed by atoms with Gasteiger partial charge in [0.1, 0.15) is 11.0 Å². The first-order valence-electron chi connectivity index (χ1n) is 5.70. The van der Waals surface area contributed by atoms with Crippen molar-refractivity contribution in [1.82, 2.24) is 9.97 Å². The highest BCUT2D eigenvalue weighted by atomic mass is 35.5. The Labute approximate surface area is 116 Å². The first-order chi connectivity index (χ1) is 9.20. The zero-order valence-electron chi connectivity index (χ0n) is 10.1. The van der Waals surface area contributed by atoms with Crippen LogP contribution in [0, 0.1) is 11.3 Å². The van der Waals surface area contributed by atoms with Crippen LogP contribution in [0.25, 0.3) is 0 Å². The van der Waals surface area contributed by atoms with Crippen molar-refractivity contribution in [2.24, 2.45) is 0 Å². The molecule has 0 saturated heterocycles. The van der Waals surface area contributed by atoms with Crippen LogP contribution < -0.4 is 10.6 Å². The SMILES string of the molecule is N#CCCN(c1ccccc1)c1cc(Cl)nc(N)n1. The van der Waals surface area contributed by atoms with Gasteiger partial charge < -0.3 is 10.6 Å². The fourth-order valence-corrected chi connectivity index (χ4v) is 1.89. The predicted molar refractivity (Wildman–Crippen MR) is 75.1 cm³/mol. The number of anilines is 3. The fourth-order valence-electron chi connectivity index (χ4n) is 1.71. The van der Waals surface area contributed by atoms with E-state index in [9.17, 15) is 0 Å². The molecule has 0 aliphatic carbocycles. The Morgan fingerprint density at radius 2 is 2.00 bits per heavy atom. The second-order valence-electron chi connectivity index (χ2n) is 3.80. The molecule has 0 bridgehead atoms. The molecular weight excluding hydrogens is 262 g/mol. The number of halogens is 1. The van der Waals surface area contributed by atoms with Crippen LogP contribution in [0.3, 0.4) is 0 Å². The van der Waals surface area contributed by atoms with Gasteiger partial charge in [0.05, 0.1) is 12.5 Å². The van der Waals surface area contributed by atoms with Crippen LogP contribution in [0.1, 0.15) is 6.42 Å². The molecule has 19 heavy (non-hydrogen) atoms. The van der Waals surface area contributed by atoms with Crippen molar-refractivity contribution in [3.8, 4) is 6.07 Å². The van der Waals surface area contributed by atoms with Gasteiger partial charge >= 0.3 is 0 Å². The topological polar surface area (TPSA) is 78.8 Å². The summed E-state index contributed by atoms with van der Waals surface area (Å²) in [6, 6.07) is 13.4. The molecule has 0 spiro atoms. The van der Waals surface area contributed by atoms with Crippen LogP contribution >= 0.6 is 11.6 Å². The summed E-state index contributed by atoms with van der Waals surface area (Å²) in [5, 5.41) is 9.04. The van der Waals surface area contributed by atoms with E-state index in [1.54, 1.807) is 6.07 Å². The third kappa shape index (κ3) is 3.33. The number of nitriles is 1. The molecule has 0 aliphatic rings. The molecule has 2 N–H and O–H groups in total. The summed E-state index contributed by atoms with van der Waals surface area (Å²) in [4.78, 5) is 9.88. The molecule has 2 aromatic rings. The maximum atomic E-state index is 8.76. The van der Waals surface area contributed by atoms with E-state index in [1.165, 1.54) is 0 Å². The lowest BCUT2D eigenvalue weighted by atomic mass is 10.2. The Morgan fingerprint density at radius 1 is 1.26 bits per heavy atom. The van der Waals surface area contributed by atoms with E-state index in [0.717, 1.165) is 5.69 Å². The Balaban J connectivity index is 2.40. The summed E-state index contributed by atoms with van der Waals surface area (Å²) in [7, 11) is 0. The molecule has 6 heteroatoms. The molecule has 0 fully saturated rings. The van der Waals surface area contributed by atoms with Crippen molar-refractivity contribution in [2.75, 3.05) is 17.2 Å². The molecule has 0 aliphatic heterocycles. The molecule has 0 atom stereocenters. The zero-order chi connectivity index (χ0) is 13.7. The summed E-state index contributed by atoms with van der Waals surface area (Å²) in [6.45, 7) is 0.507. The number of para-hydroxylation sites is 1. The van der Waals surface area contributed by atoms with Gasteiger partial charge in [-0.3, -0.25) is 0 Å². The minimum Gasteiger partial charge on any atom is -0.368 e. The maximum Gasteiger partial charge on any atom is 0.223 e. The van der Waals surface area contributed by atoms with Gasteiger partial charge in [-0.25, -0.2) is 4.98 Å². The number of aromatic nitrogens is 2. The largest absolute Gasteiger partial charge is 0.368 e. The third-order valence-corrected chi connectivity index (χ3v) is 2.68. The Morgan fingerprint density at radius 3 is 2.63 bits per heavy atom. The van der Waals surface area contributed by atoms with Gasteiger partial charge in [-0.15, -0.1) is 0 Å². The van der Waals surface area contributed by atoms with Crippen molar-refractivity contribution >= 4 is 29.1 Å². The molecule has 96 valence electrons. The zero-order valence-corrected chi connectivity index (χ0v) is 10.9. The van der Waals surface area contributed by atoms with E-state index in [0.29, 0.717) is 18.8 Å². The van der Waals surface area contributed by atoms with Crippen molar-refractivity contribution in [3.05, 3.63) is 41.6 Å². The fraction of sp³-hybridized carbons (Fsp3) is 0.154. The van der Waals surface area contributed by atoms with E-state index in [1.807, 2.05) is 35.2 Å². The minimum atomic E-state index is 0.111. The van der Waals surface area contributed by atoms with Crippen LogP contribution in [0.4, 0.5) is 17.5 Å². The van der Waals surface area contributed by atoms with Crippen LogP contribution in [-0.4, -0.2) is 16.5 Å². The average molecular weight is 274 g/mol. The second-order valence-corrected chi connectivity index (χ2v) is 4.19. The van der Waals surface area contributed by atoms with E-state index in [4.69, 9.17) is 22.6 Å². The highest BCUT2D eigenvalue weighted by Gasteiger charge is 2.12. The van der Waals surface area contributed by atoms with Gasteiger partial charge in [0.25, 0.3) is 0 Å². The normalized spacial score (nSPS) is 9.89. The quantitative estimate of drug-likeness (QED) is 0.867. The number of nitrogen functional groups attached to an aromatic ring is 1. The Hall–Kier alpha value is -2.32. The van der Waals surface area contributed by atoms with Gasteiger partial charge in [-0.2, -0.15) is 10.2 Å². The molecular formula is C13H12ClN5. The molecule has 1 aromatic heterocycles. The van der Waals surface area contributed by atoms with Gasteiger partial charge in [0.15, 0.2) is 0 Å². The van der Waals surface area contributed by atoms with E-state index >= 15 is 0 Å². The number of hydrogen-bond donors (Lipinski definition) is 1. The monoisotopic (exact) mass is 273 g/mol. The second kappa shape index (κ2) is 6.03. The van der Waals surface area contributed by atoms with Gasteiger partial charge in [-0.05, 0) is 12.1 Å². The molecule has 5 nitrogen and oxygen atoms in total. The van der Waals surface area contributed by atoms with E-state index in [-0.39, 0.29) is 11.1 Å². The number of nitrogens with zero attached hydrogens (tertiary/aromatic N) is 4. The van der Waals surface area contributed by atoms with Crippen LogP contribution in [0.2, 0.25) is 5.15 Å². The van der Waals surface area contributed by atoms with E-state index in [2.05, 4.69) is 16.0 Å². The number of nitrogens with two attached hydrogens (primary N) is 1. The lowest BCUT2D eigenvalue weighted by molar-refractivity contribution is 0.923. The molecule has 0 radical (unpaired) electrons. The molecule has 1 heterocycles. The lowest BCUT2D eigenvalue weighted by Crippen LogP contribution is -2.20. The standard InChI is InChI=1S/C13H12ClN5/c14-11-9-12(18-13(16)17-11)19(8-4-7-15)10-5-2-1-3-6-10/h1-3,5-6,9H,4,8H2,(H2,16,17,18). The van der Waals surface area contributed by atoms with Crippen molar-refractivity contribution < 1.29 is 0 Å². The van der Waals surface area contributed by atoms with Gasteiger partial charge in [-0.1, -0.05) is 29.8 Å². The summed E-state index contributed by atoms with van der Waals surface area (Å²) in [5.74, 6) is 0.694. The average Bonchev–Trinajstić information content (AvgIpc) is 2.39. The Bertz CT molecular complexity index is 573. The smallest absolute Gasteiger partial charge is 0.223 e. The highest BCUT2D eigenvalue weighted by molar-refractivity contribution is 6.29.